The molecule has 2 rings (SSSR count). The van der Waals surface area contributed by atoms with E-state index in [9.17, 15) is 13.2 Å². The number of sulfonamides is 1. The fourth-order valence-electron chi connectivity index (χ4n) is 2.96. The molecule has 0 aliphatic carbocycles. The number of nitrogens with one attached hydrogen (secondary N) is 1. The van der Waals surface area contributed by atoms with Gasteiger partial charge in [0.1, 0.15) is 11.8 Å². The summed E-state index contributed by atoms with van der Waals surface area (Å²) in [7, 11) is -2.12. The smallest absolute Gasteiger partial charge is 0.244 e. The molecule has 0 aliphatic rings. The van der Waals surface area contributed by atoms with Gasteiger partial charge in [0.15, 0.2) is 0 Å². The van der Waals surface area contributed by atoms with Gasteiger partial charge in [-0.1, -0.05) is 36.7 Å². The lowest BCUT2D eigenvalue weighted by atomic mass is 10.1. The highest BCUT2D eigenvalue weighted by atomic mass is 35.5. The number of methoxy groups -OCH3 is 1. The van der Waals surface area contributed by atoms with Crippen LogP contribution in [0.15, 0.2) is 48.5 Å². The summed E-state index contributed by atoms with van der Waals surface area (Å²) in [5.74, 6) is 0.342. The van der Waals surface area contributed by atoms with E-state index in [0.717, 1.165) is 21.9 Å². The van der Waals surface area contributed by atoms with Crippen molar-refractivity contribution in [1.82, 2.24) is 5.32 Å². The van der Waals surface area contributed by atoms with Crippen molar-refractivity contribution in [1.29, 1.82) is 0 Å². The van der Waals surface area contributed by atoms with Gasteiger partial charge in [0.05, 0.1) is 25.1 Å². The Morgan fingerprint density at radius 3 is 2.36 bits per heavy atom. The van der Waals surface area contributed by atoms with Crippen molar-refractivity contribution in [3.63, 3.8) is 0 Å². The van der Waals surface area contributed by atoms with Crippen molar-refractivity contribution in [3.05, 3.63) is 59.1 Å². The van der Waals surface area contributed by atoms with E-state index < -0.39 is 16.1 Å². The van der Waals surface area contributed by atoms with Crippen LogP contribution in [0, 0.1) is 0 Å². The molecule has 2 aromatic rings. The Morgan fingerprint density at radius 1 is 1.21 bits per heavy atom. The highest BCUT2D eigenvalue weighted by Crippen LogP contribution is 2.26. The average molecular weight is 425 g/mol. The number of anilines is 1. The van der Waals surface area contributed by atoms with E-state index in [-0.39, 0.29) is 11.9 Å². The number of nitrogens with zero attached hydrogens (tertiary/aromatic N) is 1. The van der Waals surface area contributed by atoms with E-state index in [0.29, 0.717) is 17.1 Å². The van der Waals surface area contributed by atoms with Crippen molar-refractivity contribution in [2.45, 2.75) is 32.4 Å². The molecule has 0 heterocycles. The molecule has 28 heavy (non-hydrogen) atoms. The van der Waals surface area contributed by atoms with Crippen molar-refractivity contribution in [2.75, 3.05) is 17.7 Å². The molecule has 2 aromatic carbocycles. The summed E-state index contributed by atoms with van der Waals surface area (Å²) < 4.78 is 31.2. The highest BCUT2D eigenvalue weighted by molar-refractivity contribution is 7.92. The molecule has 6 nitrogen and oxygen atoms in total. The van der Waals surface area contributed by atoms with Crippen LogP contribution in [0.2, 0.25) is 5.02 Å². The lowest BCUT2D eigenvalue weighted by molar-refractivity contribution is -0.122. The Labute approximate surface area is 171 Å². The van der Waals surface area contributed by atoms with Gasteiger partial charge in [-0.25, -0.2) is 8.42 Å². The predicted octanol–water partition coefficient (Wildman–Crippen LogP) is 3.77. The van der Waals surface area contributed by atoms with Gasteiger partial charge in [-0.05, 0) is 49.2 Å². The van der Waals surface area contributed by atoms with Gasteiger partial charge in [-0.3, -0.25) is 9.10 Å². The molecule has 0 spiro atoms. The minimum absolute atomic E-state index is 0.298. The summed E-state index contributed by atoms with van der Waals surface area (Å²) in [5, 5.41) is 3.30. The lowest BCUT2D eigenvalue weighted by Crippen LogP contribution is -2.49. The summed E-state index contributed by atoms with van der Waals surface area (Å²) in [5.41, 5.74) is 1.24. The second-order valence-corrected chi connectivity index (χ2v) is 8.76. The molecule has 0 unspecified atom stereocenters. The molecule has 2 atom stereocenters. The maximum Gasteiger partial charge on any atom is 0.244 e. The Morgan fingerprint density at radius 2 is 1.86 bits per heavy atom. The van der Waals surface area contributed by atoms with Gasteiger partial charge in [-0.15, -0.1) is 0 Å². The Bertz CT molecular complexity index is 916. The predicted molar refractivity (Wildman–Crippen MR) is 112 cm³/mol. The van der Waals surface area contributed by atoms with Gasteiger partial charge >= 0.3 is 0 Å². The maximum absolute atomic E-state index is 13.0. The molecular formula is C20H25ClN2O4S. The third kappa shape index (κ3) is 5.39. The molecule has 0 aliphatic heterocycles. The second kappa shape index (κ2) is 9.30. The minimum Gasteiger partial charge on any atom is -0.497 e. The monoisotopic (exact) mass is 424 g/mol. The molecule has 0 saturated carbocycles. The molecule has 0 fully saturated rings. The van der Waals surface area contributed by atoms with Gasteiger partial charge in [0, 0.05) is 5.02 Å². The Hall–Kier alpha value is -2.25. The van der Waals surface area contributed by atoms with Crippen LogP contribution in [0.4, 0.5) is 5.69 Å². The first kappa shape index (κ1) is 22.0. The first-order valence-corrected chi connectivity index (χ1v) is 11.1. The zero-order valence-corrected chi connectivity index (χ0v) is 17.9. The molecule has 1 amide bonds. The second-order valence-electron chi connectivity index (χ2n) is 6.47. The van der Waals surface area contributed by atoms with Crippen molar-refractivity contribution in [2.24, 2.45) is 0 Å². The van der Waals surface area contributed by atoms with E-state index in [2.05, 4.69) is 5.32 Å². The molecule has 0 aromatic heterocycles. The first-order valence-electron chi connectivity index (χ1n) is 8.86. The maximum atomic E-state index is 13.0. The van der Waals surface area contributed by atoms with E-state index in [1.165, 1.54) is 6.07 Å². The number of benzene rings is 2. The first-order chi connectivity index (χ1) is 13.2. The van der Waals surface area contributed by atoms with Crippen molar-refractivity contribution < 1.29 is 17.9 Å². The van der Waals surface area contributed by atoms with Crippen LogP contribution in [0.25, 0.3) is 0 Å². The molecule has 0 bridgehead atoms. The van der Waals surface area contributed by atoms with E-state index in [1.54, 1.807) is 32.2 Å². The van der Waals surface area contributed by atoms with Crippen LogP contribution in [0.3, 0.4) is 0 Å². The largest absolute Gasteiger partial charge is 0.497 e. The minimum atomic E-state index is -3.70. The number of hydrogen-bond donors (Lipinski definition) is 1. The number of carbonyl (C=O) groups is 1. The quantitative estimate of drug-likeness (QED) is 0.699. The number of carbonyl (C=O) groups excluding carboxylic acids is 1. The van der Waals surface area contributed by atoms with Crippen LogP contribution >= 0.6 is 11.6 Å². The van der Waals surface area contributed by atoms with Crippen molar-refractivity contribution >= 4 is 33.2 Å². The molecule has 152 valence electrons. The standard InChI is InChI=1S/C20H25ClN2O4S/c1-5-19(23(28(4,25)26)17-8-6-7-16(21)13-17)20(24)22-14(2)15-9-11-18(27-3)12-10-15/h6-14,19H,5H2,1-4H3,(H,22,24)/t14-,19+/m1/s1. The van der Waals surface area contributed by atoms with Gasteiger partial charge in [-0.2, -0.15) is 0 Å². The van der Waals surface area contributed by atoms with E-state index >= 15 is 0 Å². The lowest BCUT2D eigenvalue weighted by Gasteiger charge is -2.31. The van der Waals surface area contributed by atoms with Crippen LogP contribution in [0.1, 0.15) is 31.9 Å². The summed E-state index contributed by atoms with van der Waals surface area (Å²) in [4.78, 5) is 13.0. The molecule has 1 N–H and O–H groups in total. The van der Waals surface area contributed by atoms with E-state index in [1.807, 2.05) is 31.2 Å². The van der Waals surface area contributed by atoms with Gasteiger partial charge in [0.25, 0.3) is 0 Å². The zero-order valence-electron chi connectivity index (χ0n) is 16.3. The topological polar surface area (TPSA) is 75.7 Å². The zero-order chi connectivity index (χ0) is 20.9. The summed E-state index contributed by atoms with van der Waals surface area (Å²) in [6.07, 6.45) is 1.39. The average Bonchev–Trinajstić information content (AvgIpc) is 2.64. The van der Waals surface area contributed by atoms with Crippen LogP contribution in [-0.4, -0.2) is 33.7 Å². The van der Waals surface area contributed by atoms with Crippen LogP contribution in [-0.2, 0) is 14.8 Å². The number of rotatable bonds is 8. The summed E-state index contributed by atoms with van der Waals surface area (Å²) in [6.45, 7) is 3.61. The summed E-state index contributed by atoms with van der Waals surface area (Å²) in [6, 6.07) is 12.6. The number of hydrogen-bond acceptors (Lipinski definition) is 4. The van der Waals surface area contributed by atoms with Gasteiger partial charge in [0.2, 0.25) is 15.9 Å². The van der Waals surface area contributed by atoms with Crippen LogP contribution < -0.4 is 14.4 Å². The SMILES string of the molecule is CC[C@@H](C(=O)N[C@H](C)c1ccc(OC)cc1)N(c1cccc(Cl)c1)S(C)(=O)=O. The molecule has 0 radical (unpaired) electrons. The fourth-order valence-corrected chi connectivity index (χ4v) is 4.35. The van der Waals surface area contributed by atoms with E-state index in [4.69, 9.17) is 16.3 Å². The fraction of sp³-hybridized carbons (Fsp3) is 0.350. The van der Waals surface area contributed by atoms with Gasteiger partial charge < -0.3 is 10.1 Å². The third-order valence-corrected chi connectivity index (χ3v) is 5.78. The highest BCUT2D eigenvalue weighted by Gasteiger charge is 2.32. The number of amides is 1. The number of halogens is 1. The number of ether oxygens (including phenoxy) is 1. The summed E-state index contributed by atoms with van der Waals surface area (Å²) >= 11 is 6.02. The van der Waals surface area contributed by atoms with Crippen LogP contribution in [0.5, 0.6) is 5.75 Å². The normalized spacial score (nSPS) is 13.5. The van der Waals surface area contributed by atoms with Crippen molar-refractivity contribution in [3.8, 4) is 5.75 Å². The molecular weight excluding hydrogens is 400 g/mol. The Balaban J connectivity index is 2.28. The Kier molecular flexibility index (Phi) is 7.32. The molecule has 0 saturated heterocycles. The molecule has 8 heteroatoms. The third-order valence-electron chi connectivity index (χ3n) is 4.37.